The van der Waals surface area contributed by atoms with E-state index < -0.39 is 0 Å². The minimum atomic E-state index is 0.629. The van der Waals surface area contributed by atoms with Gasteiger partial charge in [0.05, 0.1) is 29.0 Å². The van der Waals surface area contributed by atoms with Crippen LogP contribution >= 0.6 is 0 Å². The number of aromatic nitrogens is 1. The Morgan fingerprint density at radius 2 is 1.13 bits per heavy atom. The average Bonchev–Trinajstić information content (AvgIpc) is 3.47. The molecular formula is C43H27N3. The summed E-state index contributed by atoms with van der Waals surface area (Å²) in [6.45, 7) is 7.52. The quantitative estimate of drug-likeness (QED) is 0.145. The molecule has 0 unspecified atom stereocenters. The molecule has 0 bridgehead atoms. The minimum Gasteiger partial charge on any atom is -0.309 e. The van der Waals surface area contributed by atoms with E-state index >= 15 is 0 Å². The van der Waals surface area contributed by atoms with Crippen LogP contribution in [0.15, 0.2) is 164 Å². The summed E-state index contributed by atoms with van der Waals surface area (Å²) < 4.78 is 2.40. The van der Waals surface area contributed by atoms with Gasteiger partial charge in [-0.1, -0.05) is 115 Å². The number of rotatable bonds is 5. The lowest BCUT2D eigenvalue weighted by molar-refractivity contribution is 1.18. The van der Waals surface area contributed by atoms with Crippen LogP contribution in [0.1, 0.15) is 0 Å². The van der Waals surface area contributed by atoms with Gasteiger partial charge in [-0.15, -0.1) is 0 Å². The van der Waals surface area contributed by atoms with E-state index in [1.54, 1.807) is 0 Å². The predicted octanol–water partition coefficient (Wildman–Crippen LogP) is 12.2. The van der Waals surface area contributed by atoms with E-state index in [0.717, 1.165) is 22.7 Å². The van der Waals surface area contributed by atoms with Crippen LogP contribution in [-0.4, -0.2) is 4.57 Å². The fourth-order valence-electron chi connectivity index (χ4n) is 7.07. The fourth-order valence-corrected chi connectivity index (χ4v) is 7.07. The van der Waals surface area contributed by atoms with E-state index in [2.05, 4.69) is 166 Å². The first-order chi connectivity index (χ1) is 22.8. The van der Waals surface area contributed by atoms with E-state index in [9.17, 15) is 0 Å². The maximum atomic E-state index is 7.52. The summed E-state index contributed by atoms with van der Waals surface area (Å²) in [5, 5.41) is 7.29. The first-order valence-corrected chi connectivity index (χ1v) is 15.5. The van der Waals surface area contributed by atoms with E-state index in [0.29, 0.717) is 5.69 Å². The van der Waals surface area contributed by atoms with Gasteiger partial charge in [0.2, 0.25) is 0 Å². The monoisotopic (exact) mass is 585 g/mol. The summed E-state index contributed by atoms with van der Waals surface area (Å²) in [7, 11) is 0. The van der Waals surface area contributed by atoms with Gasteiger partial charge in [0, 0.05) is 32.9 Å². The van der Waals surface area contributed by atoms with E-state index in [1.165, 1.54) is 54.5 Å². The minimum absolute atomic E-state index is 0.629. The van der Waals surface area contributed by atoms with Crippen LogP contribution in [0.3, 0.4) is 0 Å². The van der Waals surface area contributed by atoms with Gasteiger partial charge in [0.25, 0.3) is 0 Å². The van der Waals surface area contributed by atoms with Gasteiger partial charge in [-0.3, -0.25) is 0 Å². The van der Waals surface area contributed by atoms with Crippen molar-refractivity contribution >= 4 is 66.1 Å². The Hall–Kier alpha value is -6.37. The smallest absolute Gasteiger partial charge is 0.187 e. The van der Waals surface area contributed by atoms with Crippen LogP contribution in [0.5, 0.6) is 0 Å². The normalized spacial score (nSPS) is 11.5. The Balaban J connectivity index is 1.31. The number of fused-ring (bicyclic) bond motifs is 1. The van der Waals surface area contributed by atoms with Gasteiger partial charge in [0.15, 0.2) is 5.69 Å². The topological polar surface area (TPSA) is 12.5 Å². The zero-order chi connectivity index (χ0) is 30.6. The maximum Gasteiger partial charge on any atom is 0.187 e. The number of hydrogen-bond donors (Lipinski definition) is 0. The lowest BCUT2D eigenvalue weighted by Crippen LogP contribution is -2.11. The molecule has 0 fully saturated rings. The van der Waals surface area contributed by atoms with Crippen molar-refractivity contribution in [3.8, 4) is 16.8 Å². The number of benzene rings is 8. The van der Waals surface area contributed by atoms with Crippen molar-refractivity contribution < 1.29 is 0 Å². The van der Waals surface area contributed by atoms with Gasteiger partial charge in [-0.05, 0) is 70.4 Å². The zero-order valence-electron chi connectivity index (χ0n) is 24.9. The average molecular weight is 586 g/mol. The lowest BCUT2D eigenvalue weighted by Gasteiger charge is -2.28. The van der Waals surface area contributed by atoms with Gasteiger partial charge < -0.3 is 9.47 Å². The highest BCUT2D eigenvalue weighted by atomic mass is 15.1. The highest BCUT2D eigenvalue weighted by Crippen LogP contribution is 2.47. The second-order valence-corrected chi connectivity index (χ2v) is 11.7. The van der Waals surface area contributed by atoms with Crippen LogP contribution in [0.4, 0.5) is 22.7 Å². The van der Waals surface area contributed by atoms with E-state index in [1.807, 2.05) is 12.1 Å². The van der Waals surface area contributed by atoms with Crippen molar-refractivity contribution in [1.82, 2.24) is 4.57 Å². The highest BCUT2D eigenvalue weighted by molar-refractivity contribution is 6.27. The SMILES string of the molecule is [C-]#[N+]c1ccc(N(c2cccc3ccccc23)c2ccc3c4c2ccc2cccc(c24)n3-c2ccc(-c3ccccc3)cc2)cc1. The van der Waals surface area contributed by atoms with Crippen LogP contribution in [0.2, 0.25) is 0 Å². The van der Waals surface area contributed by atoms with Crippen molar-refractivity contribution in [1.29, 1.82) is 0 Å². The molecular weight excluding hydrogens is 558 g/mol. The molecule has 9 aromatic rings. The molecule has 3 nitrogen and oxygen atoms in total. The van der Waals surface area contributed by atoms with Gasteiger partial charge in [-0.25, -0.2) is 4.85 Å². The molecule has 1 aromatic heterocycles. The van der Waals surface area contributed by atoms with Crippen molar-refractivity contribution in [3.63, 3.8) is 0 Å². The molecule has 8 aromatic carbocycles. The summed E-state index contributed by atoms with van der Waals surface area (Å²) in [6, 6.07) is 58.0. The van der Waals surface area contributed by atoms with Gasteiger partial charge in [-0.2, -0.15) is 0 Å². The Bertz CT molecular complexity index is 2570. The number of hydrogen-bond acceptors (Lipinski definition) is 1. The summed E-state index contributed by atoms with van der Waals surface area (Å²) >= 11 is 0. The summed E-state index contributed by atoms with van der Waals surface area (Å²) in [5.74, 6) is 0. The number of nitrogens with zero attached hydrogens (tertiary/aromatic N) is 3. The third-order valence-corrected chi connectivity index (χ3v) is 9.15. The van der Waals surface area contributed by atoms with Crippen LogP contribution in [0.25, 0.3) is 65.0 Å². The number of anilines is 3. The molecule has 0 amide bonds. The molecule has 214 valence electrons. The fraction of sp³-hybridized carbons (Fsp3) is 0. The van der Waals surface area contributed by atoms with Crippen LogP contribution in [-0.2, 0) is 0 Å². The predicted molar refractivity (Wildman–Crippen MR) is 193 cm³/mol. The van der Waals surface area contributed by atoms with Crippen LogP contribution < -0.4 is 4.90 Å². The standard InChI is InChI=1S/C43H27N3/c1-44-33-20-24-35(25-21-33)45(38-15-7-12-31-11-5-6-14-36(31)38)39-27-28-41-43-37(39)26-19-32-13-8-16-40(42(32)43)46(41)34-22-17-30(18-23-34)29-9-3-2-4-10-29/h2-28H. The molecule has 0 aliphatic heterocycles. The van der Waals surface area contributed by atoms with Gasteiger partial charge in [0.1, 0.15) is 0 Å². The first kappa shape index (κ1) is 26.1. The second kappa shape index (κ2) is 10.4. The second-order valence-electron chi connectivity index (χ2n) is 11.7. The molecule has 0 aliphatic carbocycles. The Kier molecular flexibility index (Phi) is 5.88. The van der Waals surface area contributed by atoms with Gasteiger partial charge >= 0.3 is 0 Å². The largest absolute Gasteiger partial charge is 0.309 e. The third-order valence-electron chi connectivity index (χ3n) is 9.15. The molecule has 0 spiro atoms. The summed E-state index contributed by atoms with van der Waals surface area (Å²) in [6.07, 6.45) is 0. The molecule has 1 heterocycles. The molecule has 0 aliphatic rings. The Morgan fingerprint density at radius 3 is 1.96 bits per heavy atom. The summed E-state index contributed by atoms with van der Waals surface area (Å²) in [4.78, 5) is 6.00. The molecule has 0 saturated carbocycles. The lowest BCUT2D eigenvalue weighted by atomic mass is 9.99. The van der Waals surface area contributed by atoms with Crippen molar-refractivity contribution in [3.05, 3.63) is 175 Å². The van der Waals surface area contributed by atoms with Crippen molar-refractivity contribution in [2.45, 2.75) is 0 Å². The van der Waals surface area contributed by atoms with E-state index in [4.69, 9.17) is 6.57 Å². The maximum absolute atomic E-state index is 7.52. The molecule has 0 N–H and O–H groups in total. The molecule has 46 heavy (non-hydrogen) atoms. The highest BCUT2D eigenvalue weighted by Gasteiger charge is 2.23. The first-order valence-electron chi connectivity index (χ1n) is 15.5. The van der Waals surface area contributed by atoms with Crippen molar-refractivity contribution in [2.75, 3.05) is 4.90 Å². The molecule has 3 heteroatoms. The Labute approximate surface area is 267 Å². The summed E-state index contributed by atoms with van der Waals surface area (Å²) in [5.41, 5.74) is 9.77. The molecule has 0 radical (unpaired) electrons. The molecule has 0 atom stereocenters. The molecule has 0 saturated heterocycles. The zero-order valence-corrected chi connectivity index (χ0v) is 24.9. The Morgan fingerprint density at radius 1 is 0.457 bits per heavy atom. The van der Waals surface area contributed by atoms with E-state index in [-0.39, 0.29) is 0 Å². The molecule has 9 rings (SSSR count). The third kappa shape index (κ3) is 3.98. The van der Waals surface area contributed by atoms with Crippen LogP contribution in [0, 0.1) is 6.57 Å². The van der Waals surface area contributed by atoms with Crippen molar-refractivity contribution in [2.24, 2.45) is 0 Å².